The van der Waals surface area contributed by atoms with Crippen LogP contribution in [0, 0.1) is 40.4 Å². The van der Waals surface area contributed by atoms with Crippen LogP contribution in [0.5, 0.6) is 0 Å². The molecule has 11 rings (SSSR count). The minimum Gasteiger partial charge on any atom is -0.394 e. The van der Waals surface area contributed by atoms with E-state index in [-0.39, 0.29) is 35.4 Å². The van der Waals surface area contributed by atoms with E-state index in [9.17, 15) is 81.7 Å². The highest BCUT2D eigenvalue weighted by Crippen LogP contribution is 2.71. The van der Waals surface area contributed by atoms with Gasteiger partial charge in [0.2, 0.25) is 0 Å². The van der Waals surface area contributed by atoms with E-state index in [0.29, 0.717) is 49.9 Å². The highest BCUT2D eigenvalue weighted by atomic mass is 16.8. The molecule has 4 aliphatic carbocycles. The van der Waals surface area contributed by atoms with Crippen molar-refractivity contribution in [2.45, 2.75) is 270 Å². The lowest BCUT2D eigenvalue weighted by Gasteiger charge is -2.58. The number of aliphatic hydroxyl groups excluding tert-OH is 16. The zero-order chi connectivity index (χ0) is 61.1. The number of ether oxygens (including phenoxy) is 12. The molecule has 488 valence electrons. The molecular formula is C57H92O28. The molecule has 3 saturated carbocycles. The fraction of sp³-hybridized carbons (Fsp3) is 0.965. The summed E-state index contributed by atoms with van der Waals surface area (Å²) >= 11 is 0. The van der Waals surface area contributed by atoms with Gasteiger partial charge in [-0.05, 0) is 99.7 Å². The Hall–Kier alpha value is -1.38. The van der Waals surface area contributed by atoms with Gasteiger partial charge in [-0.1, -0.05) is 32.4 Å². The van der Waals surface area contributed by atoms with E-state index in [2.05, 4.69) is 26.8 Å². The Morgan fingerprint density at radius 1 is 0.506 bits per heavy atom. The second-order valence-corrected chi connectivity index (χ2v) is 27.0. The predicted molar refractivity (Wildman–Crippen MR) is 281 cm³/mol. The summed E-state index contributed by atoms with van der Waals surface area (Å²) < 4.78 is 74.1. The van der Waals surface area contributed by atoms with Gasteiger partial charge in [-0.25, -0.2) is 0 Å². The normalized spacial score (nSPS) is 57.0. The number of hydrogen-bond donors (Lipinski definition) is 16. The summed E-state index contributed by atoms with van der Waals surface area (Å²) in [6, 6.07) is 0. The molecule has 0 aromatic carbocycles. The monoisotopic (exact) mass is 1220 g/mol. The molecule has 0 bridgehead atoms. The van der Waals surface area contributed by atoms with E-state index in [1.165, 1.54) is 12.5 Å². The van der Waals surface area contributed by atoms with E-state index >= 15 is 0 Å². The van der Waals surface area contributed by atoms with Crippen molar-refractivity contribution in [3.05, 3.63) is 11.6 Å². The van der Waals surface area contributed by atoms with Crippen molar-refractivity contribution in [3.63, 3.8) is 0 Å². The molecule has 16 N–H and O–H groups in total. The Labute approximate surface area is 491 Å². The lowest BCUT2D eigenvalue weighted by atomic mass is 9.47. The Morgan fingerprint density at radius 2 is 1.06 bits per heavy atom. The van der Waals surface area contributed by atoms with Gasteiger partial charge in [-0.2, -0.15) is 0 Å². The van der Waals surface area contributed by atoms with Crippen LogP contribution in [-0.2, 0) is 56.8 Å². The van der Waals surface area contributed by atoms with Crippen molar-refractivity contribution in [2.24, 2.45) is 40.4 Å². The van der Waals surface area contributed by atoms with Crippen molar-refractivity contribution in [1.29, 1.82) is 0 Å². The Balaban J connectivity index is 0.784. The maximum Gasteiger partial charge on any atom is 0.187 e. The number of hydrogen-bond acceptors (Lipinski definition) is 28. The van der Waals surface area contributed by atoms with Gasteiger partial charge in [0.25, 0.3) is 0 Å². The topological polar surface area (TPSA) is 434 Å². The zero-order valence-electron chi connectivity index (χ0n) is 48.5. The van der Waals surface area contributed by atoms with Crippen LogP contribution in [-0.4, -0.2) is 292 Å². The molecule has 0 aromatic heterocycles. The quantitative estimate of drug-likeness (QED) is 0.0683. The first-order chi connectivity index (χ1) is 40.2. The maximum atomic E-state index is 12.4. The highest BCUT2D eigenvalue weighted by molar-refractivity contribution is 5.27. The number of rotatable bonds is 15. The molecule has 1 spiro atoms. The summed E-state index contributed by atoms with van der Waals surface area (Å²) in [5.74, 6) is 0.444. The third-order valence-corrected chi connectivity index (χ3v) is 22.0. The van der Waals surface area contributed by atoms with Gasteiger partial charge in [0, 0.05) is 12.3 Å². The first-order valence-electron chi connectivity index (χ1n) is 30.4. The van der Waals surface area contributed by atoms with Crippen molar-refractivity contribution in [2.75, 3.05) is 33.0 Å². The number of aliphatic hydroxyl groups is 16. The lowest BCUT2D eigenvalue weighted by Crippen LogP contribution is -2.68. The fourth-order valence-electron chi connectivity index (χ4n) is 17.1. The van der Waals surface area contributed by atoms with E-state index in [0.717, 1.165) is 25.7 Å². The average Bonchev–Trinajstić information content (AvgIpc) is 1.91. The van der Waals surface area contributed by atoms with Crippen LogP contribution in [0.3, 0.4) is 0 Å². The van der Waals surface area contributed by atoms with Gasteiger partial charge in [0.1, 0.15) is 116 Å². The van der Waals surface area contributed by atoms with Gasteiger partial charge in [-0.15, -0.1) is 0 Å². The molecule has 7 saturated heterocycles. The van der Waals surface area contributed by atoms with Crippen LogP contribution in [0.1, 0.15) is 92.4 Å². The third kappa shape index (κ3) is 11.3. The molecule has 7 aliphatic heterocycles. The Morgan fingerprint density at radius 3 is 1.71 bits per heavy atom. The van der Waals surface area contributed by atoms with Crippen molar-refractivity contribution in [3.8, 4) is 0 Å². The highest BCUT2D eigenvalue weighted by Gasteiger charge is 2.71. The van der Waals surface area contributed by atoms with Crippen molar-refractivity contribution < 1.29 is 139 Å². The summed E-state index contributed by atoms with van der Waals surface area (Å²) in [7, 11) is 0. The van der Waals surface area contributed by atoms with Crippen LogP contribution in [0.15, 0.2) is 11.6 Å². The first kappa shape index (κ1) is 65.1. The largest absolute Gasteiger partial charge is 0.394 e. The minimum absolute atomic E-state index is 0.0159. The lowest BCUT2D eigenvalue weighted by molar-refractivity contribution is -0.398. The summed E-state index contributed by atoms with van der Waals surface area (Å²) in [4.78, 5) is 0. The molecule has 36 atom stereocenters. The average molecular weight is 1230 g/mol. The summed E-state index contributed by atoms with van der Waals surface area (Å²) in [5, 5.41) is 171. The van der Waals surface area contributed by atoms with Crippen molar-refractivity contribution in [1.82, 2.24) is 0 Å². The SMILES string of the molecule is C[C@@H]1O[C@@H](O[C@H]2[C@H](O)[C@H](O[C@@H]3O[C@H](CO)[C@@H](O)[C@H](O[C@@H]4O[C@H](CO)[C@@H](O)[C@H](O)[C@H]4O)[C@H]3O)[C@@H](O[C@H]3CC[C@@]4(C)C(=CC[C@H]5[C@@H]6C[C@@H]7O[C@]8(CC[C@@](C)(CO[C@@H]9O[C@H](CO)[C@@H](O)[C@H](O)[C@H]9O)O8)[C@@H](C)[C@@H]7[C@@]6(C)CC[C@@H]54)C3)O[C@@H]2CO)[C@H](O)[C@@H](O)[C@H]1O. The summed E-state index contributed by atoms with van der Waals surface area (Å²) in [6.45, 7) is 7.29. The molecule has 10 fully saturated rings. The predicted octanol–water partition coefficient (Wildman–Crippen LogP) is -5.02. The van der Waals surface area contributed by atoms with E-state index in [1.807, 2.05) is 6.92 Å². The molecule has 0 amide bonds. The molecule has 0 unspecified atom stereocenters. The van der Waals surface area contributed by atoms with E-state index in [1.54, 1.807) is 0 Å². The standard InChI is InChI=1S/C57H92O28/c1-21-33-28(84-57(21)13-12-54(3,85-57)20-74-49-41(69)39(67)35(63)29(16-58)77-49)15-27-25-7-6-23-14-24(8-10-55(23,4)26(25)9-11-56(27,33)5)76-53-48(44(72)46(32(19-61)80-53)81-50-42(70)38(66)34(62)22(2)75-50)83-52-45(73)47(37(65)31(18-60)79-52)82-51-43(71)40(68)36(64)30(17-59)78-51/h6,21-22,24-53,58-73H,7-20H2,1-5H3/t21-,22-,24-,25+,26-,27-,28-,29+,30+,31+,32+,33-,34-,35+,36+,37+,38-,39-,40-,41+,42+,43+,44-,45+,46+,47-,48-,49+,50-,51-,52-,53-,54-,55-,56-,57-/m0/s1. The summed E-state index contributed by atoms with van der Waals surface area (Å²) in [6.07, 6.45) is -32.8. The minimum atomic E-state index is -2.04. The molecular weight excluding hydrogens is 1130 g/mol. The van der Waals surface area contributed by atoms with Crippen LogP contribution >= 0.6 is 0 Å². The molecule has 7 heterocycles. The van der Waals surface area contributed by atoms with Crippen LogP contribution in [0.4, 0.5) is 0 Å². The smallest absolute Gasteiger partial charge is 0.187 e. The van der Waals surface area contributed by atoms with Gasteiger partial charge in [-0.3, -0.25) is 0 Å². The molecule has 28 nitrogen and oxygen atoms in total. The number of allylic oxidation sites excluding steroid dienone is 1. The van der Waals surface area contributed by atoms with Crippen LogP contribution in [0.2, 0.25) is 0 Å². The van der Waals surface area contributed by atoms with Gasteiger partial charge in [0.15, 0.2) is 37.2 Å². The Kier molecular flexibility index (Phi) is 19.1. The van der Waals surface area contributed by atoms with Crippen LogP contribution in [0.25, 0.3) is 0 Å². The molecule has 0 radical (unpaired) electrons. The molecule has 28 heteroatoms. The molecule has 0 aromatic rings. The Bertz CT molecular complexity index is 2310. The third-order valence-electron chi connectivity index (χ3n) is 22.0. The fourth-order valence-corrected chi connectivity index (χ4v) is 17.1. The molecule has 85 heavy (non-hydrogen) atoms. The van der Waals surface area contributed by atoms with Gasteiger partial charge in [0.05, 0.1) is 56.9 Å². The zero-order valence-corrected chi connectivity index (χ0v) is 48.5. The summed E-state index contributed by atoms with van der Waals surface area (Å²) in [5.41, 5.74) is 0.120. The molecule has 11 aliphatic rings. The first-order valence-corrected chi connectivity index (χ1v) is 30.4. The second-order valence-electron chi connectivity index (χ2n) is 27.0. The van der Waals surface area contributed by atoms with Crippen LogP contribution < -0.4 is 0 Å². The van der Waals surface area contributed by atoms with Crippen molar-refractivity contribution >= 4 is 0 Å². The second kappa shape index (κ2) is 24.9. The van der Waals surface area contributed by atoms with E-state index < -0.39 is 197 Å². The van der Waals surface area contributed by atoms with E-state index in [4.69, 9.17) is 56.8 Å². The number of fused-ring (bicyclic) bond motifs is 7. The van der Waals surface area contributed by atoms with Gasteiger partial charge >= 0.3 is 0 Å². The van der Waals surface area contributed by atoms with Gasteiger partial charge < -0.3 is 139 Å². The maximum absolute atomic E-state index is 12.4.